The summed E-state index contributed by atoms with van der Waals surface area (Å²) in [5.74, 6) is 0.519. The molecule has 1 aliphatic rings. The number of hydrogen-bond acceptors (Lipinski definition) is 4. The molecule has 1 aromatic carbocycles. The van der Waals surface area contributed by atoms with Crippen LogP contribution in [0.3, 0.4) is 0 Å². The maximum Gasteiger partial charge on any atom is 0.307 e. The number of ether oxygens (including phenoxy) is 2. The number of carbonyl (C=O) groups excluding carboxylic acids is 1. The van der Waals surface area contributed by atoms with Crippen LogP contribution in [0.1, 0.15) is 31.7 Å². The Morgan fingerprint density at radius 1 is 1.32 bits per heavy atom. The Morgan fingerprint density at radius 2 is 2.05 bits per heavy atom. The molecular formula is C17H24ClNO3. The molecular weight excluding hydrogens is 302 g/mol. The van der Waals surface area contributed by atoms with E-state index < -0.39 is 0 Å². The molecule has 1 N–H and O–H groups in total. The highest BCUT2D eigenvalue weighted by Crippen LogP contribution is 2.30. The fourth-order valence-corrected chi connectivity index (χ4v) is 2.63. The van der Waals surface area contributed by atoms with Gasteiger partial charge >= 0.3 is 5.97 Å². The normalized spacial score (nSPS) is 20.5. The van der Waals surface area contributed by atoms with Gasteiger partial charge in [0.25, 0.3) is 0 Å². The highest BCUT2D eigenvalue weighted by atomic mass is 35.5. The molecule has 0 spiro atoms. The molecule has 0 aliphatic heterocycles. The van der Waals surface area contributed by atoms with E-state index in [2.05, 4.69) is 5.32 Å². The van der Waals surface area contributed by atoms with E-state index in [1.807, 2.05) is 31.2 Å². The number of esters is 1. The van der Waals surface area contributed by atoms with E-state index >= 15 is 0 Å². The van der Waals surface area contributed by atoms with Gasteiger partial charge in [0.2, 0.25) is 0 Å². The van der Waals surface area contributed by atoms with E-state index in [0.717, 1.165) is 30.0 Å². The third-order valence-corrected chi connectivity index (χ3v) is 4.09. The summed E-state index contributed by atoms with van der Waals surface area (Å²) < 4.78 is 10.7. The first kappa shape index (κ1) is 17.3. The first-order chi connectivity index (χ1) is 10.7. The van der Waals surface area contributed by atoms with Gasteiger partial charge in [0.05, 0.1) is 25.7 Å². The predicted molar refractivity (Wildman–Crippen MR) is 86.9 cm³/mol. The lowest BCUT2D eigenvalue weighted by atomic mass is 9.82. The molecule has 0 bridgehead atoms. The second kappa shape index (κ2) is 9.13. The zero-order chi connectivity index (χ0) is 15.8. The fourth-order valence-electron chi connectivity index (χ4n) is 2.50. The molecule has 1 fully saturated rings. The second-order valence-corrected chi connectivity index (χ2v) is 6.09. The zero-order valence-corrected chi connectivity index (χ0v) is 13.8. The Morgan fingerprint density at radius 3 is 2.73 bits per heavy atom. The Balaban J connectivity index is 1.49. The maximum absolute atomic E-state index is 11.2. The monoisotopic (exact) mass is 325 g/mol. The molecule has 1 aromatic rings. The van der Waals surface area contributed by atoms with E-state index in [0.29, 0.717) is 38.2 Å². The van der Waals surface area contributed by atoms with Crippen molar-refractivity contribution in [3.8, 4) is 0 Å². The van der Waals surface area contributed by atoms with Gasteiger partial charge in [-0.2, -0.15) is 0 Å². The van der Waals surface area contributed by atoms with Gasteiger partial charge in [-0.25, -0.2) is 0 Å². The topological polar surface area (TPSA) is 47.6 Å². The number of halogens is 1. The van der Waals surface area contributed by atoms with Crippen LogP contribution in [0.5, 0.6) is 0 Å². The minimum atomic E-state index is -0.132. The average Bonchev–Trinajstić information content (AvgIpc) is 2.46. The molecule has 2 rings (SSSR count). The maximum atomic E-state index is 11.2. The summed E-state index contributed by atoms with van der Waals surface area (Å²) >= 11 is 5.85. The highest BCUT2D eigenvalue weighted by Gasteiger charge is 2.29. The standard InChI is InChI=1S/C17H24ClNO3/c1-2-21-17(20)7-8-19-11-14-9-16(10-14)22-12-13-3-5-15(18)6-4-13/h3-6,14,16,19H,2,7-12H2,1H3/t14-,16+. The molecule has 0 atom stereocenters. The molecule has 0 saturated heterocycles. The van der Waals surface area contributed by atoms with Crippen LogP contribution in [-0.2, 0) is 20.9 Å². The number of carbonyl (C=O) groups is 1. The predicted octanol–water partition coefficient (Wildman–Crippen LogP) is 3.18. The van der Waals surface area contributed by atoms with E-state index in [9.17, 15) is 4.79 Å². The minimum absolute atomic E-state index is 0.132. The van der Waals surface area contributed by atoms with Crippen molar-refractivity contribution in [2.24, 2.45) is 5.92 Å². The van der Waals surface area contributed by atoms with Crippen molar-refractivity contribution in [1.29, 1.82) is 0 Å². The van der Waals surface area contributed by atoms with Gasteiger partial charge in [0, 0.05) is 11.6 Å². The third kappa shape index (κ3) is 5.95. The van der Waals surface area contributed by atoms with Crippen molar-refractivity contribution in [3.63, 3.8) is 0 Å². The van der Waals surface area contributed by atoms with Crippen molar-refractivity contribution < 1.29 is 14.3 Å². The summed E-state index contributed by atoms with van der Waals surface area (Å²) in [5, 5.41) is 4.06. The molecule has 5 heteroatoms. The summed E-state index contributed by atoms with van der Waals surface area (Å²) in [6, 6.07) is 7.76. The lowest BCUT2D eigenvalue weighted by Crippen LogP contribution is -2.38. The average molecular weight is 326 g/mol. The summed E-state index contributed by atoms with van der Waals surface area (Å²) in [6.45, 7) is 4.55. The van der Waals surface area contributed by atoms with Crippen molar-refractivity contribution >= 4 is 17.6 Å². The molecule has 122 valence electrons. The van der Waals surface area contributed by atoms with Crippen molar-refractivity contribution in [2.75, 3.05) is 19.7 Å². The minimum Gasteiger partial charge on any atom is -0.466 e. The molecule has 0 radical (unpaired) electrons. The van der Waals surface area contributed by atoms with Crippen LogP contribution >= 0.6 is 11.6 Å². The van der Waals surface area contributed by atoms with Crippen LogP contribution in [0.4, 0.5) is 0 Å². The van der Waals surface area contributed by atoms with E-state index in [-0.39, 0.29) is 5.97 Å². The Kier molecular flexibility index (Phi) is 7.16. The summed E-state index contributed by atoms with van der Waals surface area (Å²) in [7, 11) is 0. The van der Waals surface area contributed by atoms with Crippen LogP contribution in [0.2, 0.25) is 5.02 Å². The number of hydrogen-bond donors (Lipinski definition) is 1. The fraction of sp³-hybridized carbons (Fsp3) is 0.588. The van der Waals surface area contributed by atoms with Gasteiger partial charge in [-0.05, 0) is 49.9 Å². The van der Waals surface area contributed by atoms with Crippen LogP contribution in [0.25, 0.3) is 0 Å². The number of nitrogens with one attached hydrogen (secondary N) is 1. The molecule has 0 unspecified atom stereocenters. The summed E-state index contributed by atoms with van der Waals surface area (Å²) in [4.78, 5) is 11.2. The molecule has 1 aliphatic carbocycles. The SMILES string of the molecule is CCOC(=O)CCNC[C@H]1C[C@@H](OCc2ccc(Cl)cc2)C1. The van der Waals surface area contributed by atoms with Crippen LogP contribution < -0.4 is 5.32 Å². The number of benzene rings is 1. The van der Waals surface area contributed by atoms with Crippen LogP contribution in [0, 0.1) is 5.92 Å². The molecule has 0 aromatic heterocycles. The van der Waals surface area contributed by atoms with Gasteiger partial charge < -0.3 is 14.8 Å². The second-order valence-electron chi connectivity index (χ2n) is 5.66. The van der Waals surface area contributed by atoms with Crippen molar-refractivity contribution in [1.82, 2.24) is 5.32 Å². The zero-order valence-electron chi connectivity index (χ0n) is 13.0. The van der Waals surface area contributed by atoms with E-state index in [1.165, 1.54) is 0 Å². The van der Waals surface area contributed by atoms with Crippen molar-refractivity contribution in [3.05, 3.63) is 34.9 Å². The smallest absolute Gasteiger partial charge is 0.307 e. The first-order valence-corrected chi connectivity index (χ1v) is 8.27. The Bertz CT molecular complexity index is 457. The lowest BCUT2D eigenvalue weighted by Gasteiger charge is -2.35. The summed E-state index contributed by atoms with van der Waals surface area (Å²) in [5.41, 5.74) is 1.15. The van der Waals surface area contributed by atoms with Gasteiger partial charge in [-0.3, -0.25) is 4.79 Å². The molecule has 4 nitrogen and oxygen atoms in total. The largest absolute Gasteiger partial charge is 0.466 e. The summed E-state index contributed by atoms with van der Waals surface area (Å²) in [6.07, 6.45) is 2.96. The lowest BCUT2D eigenvalue weighted by molar-refractivity contribution is -0.143. The Labute approximate surface area is 137 Å². The van der Waals surface area contributed by atoms with E-state index in [4.69, 9.17) is 21.1 Å². The van der Waals surface area contributed by atoms with Crippen molar-refractivity contribution in [2.45, 2.75) is 38.9 Å². The Hall–Kier alpha value is -1.10. The van der Waals surface area contributed by atoms with Crippen LogP contribution in [-0.4, -0.2) is 31.8 Å². The highest BCUT2D eigenvalue weighted by molar-refractivity contribution is 6.30. The van der Waals surface area contributed by atoms with E-state index in [1.54, 1.807) is 0 Å². The molecule has 22 heavy (non-hydrogen) atoms. The van der Waals surface area contributed by atoms with Gasteiger partial charge in [-0.15, -0.1) is 0 Å². The van der Waals surface area contributed by atoms with Gasteiger partial charge in [0.1, 0.15) is 0 Å². The molecule has 0 heterocycles. The van der Waals surface area contributed by atoms with Crippen LogP contribution in [0.15, 0.2) is 24.3 Å². The third-order valence-electron chi connectivity index (χ3n) is 3.84. The quantitative estimate of drug-likeness (QED) is 0.559. The first-order valence-electron chi connectivity index (χ1n) is 7.89. The molecule has 0 amide bonds. The number of rotatable bonds is 9. The van der Waals surface area contributed by atoms with Gasteiger partial charge in [0.15, 0.2) is 0 Å². The molecule has 1 saturated carbocycles. The van der Waals surface area contributed by atoms with Gasteiger partial charge in [-0.1, -0.05) is 23.7 Å².